The highest BCUT2D eigenvalue weighted by atomic mass is 16.2. The number of nitrogens with one attached hydrogen (secondary N) is 1. The van der Waals surface area contributed by atoms with E-state index in [-0.39, 0.29) is 22.8 Å². The Morgan fingerprint density at radius 2 is 1.92 bits per heavy atom. The van der Waals surface area contributed by atoms with Crippen molar-refractivity contribution in [1.82, 2.24) is 25.0 Å². The number of aromatic nitrogens is 3. The van der Waals surface area contributed by atoms with Crippen LogP contribution in [0, 0.1) is 17.3 Å². The summed E-state index contributed by atoms with van der Waals surface area (Å²) in [5.74, 6) is 1.12. The minimum absolute atomic E-state index is 0.0498. The molecule has 4 aliphatic carbocycles. The van der Waals surface area contributed by atoms with E-state index in [1.807, 2.05) is 4.68 Å². The fourth-order valence-electron chi connectivity index (χ4n) is 6.00. The SMILES string of the molecule is C[C@@H](NC(=O)C12C[C@H]3C[C@@H](C1)CC(n1cncn1)(C3)C2)C(=O)N(C)C. The molecule has 7 nitrogen and oxygen atoms in total. The van der Waals surface area contributed by atoms with Crippen LogP contribution in [0.2, 0.25) is 0 Å². The highest BCUT2D eigenvalue weighted by Gasteiger charge is 2.61. The molecule has 1 N–H and O–H groups in total. The fraction of sp³-hybridized carbons (Fsp3) is 0.778. The van der Waals surface area contributed by atoms with Crippen molar-refractivity contribution in [3.63, 3.8) is 0 Å². The van der Waals surface area contributed by atoms with E-state index in [2.05, 4.69) is 15.4 Å². The molecule has 0 saturated heterocycles. The lowest BCUT2D eigenvalue weighted by molar-refractivity contribution is -0.158. The minimum Gasteiger partial charge on any atom is -0.347 e. The first-order valence-electron chi connectivity index (χ1n) is 9.21. The normalized spacial score (nSPS) is 36.9. The van der Waals surface area contributed by atoms with Crippen LogP contribution in [0.1, 0.15) is 45.4 Å². The molecular weight excluding hydrogens is 318 g/mol. The van der Waals surface area contributed by atoms with Crippen LogP contribution in [0.5, 0.6) is 0 Å². The van der Waals surface area contributed by atoms with E-state index in [4.69, 9.17) is 0 Å². The third kappa shape index (κ3) is 2.55. The van der Waals surface area contributed by atoms with Crippen LogP contribution in [0.15, 0.2) is 12.7 Å². The molecule has 4 bridgehead atoms. The maximum absolute atomic E-state index is 13.2. The predicted molar refractivity (Wildman–Crippen MR) is 91.4 cm³/mol. The molecule has 0 spiro atoms. The second-order valence-corrected chi connectivity index (χ2v) is 8.73. The van der Waals surface area contributed by atoms with E-state index in [9.17, 15) is 9.59 Å². The summed E-state index contributed by atoms with van der Waals surface area (Å²) in [5, 5.41) is 7.43. The number of nitrogens with zero attached hydrogens (tertiary/aromatic N) is 4. The lowest BCUT2D eigenvalue weighted by Gasteiger charge is -2.61. The van der Waals surface area contributed by atoms with Gasteiger partial charge in [0.25, 0.3) is 0 Å². The van der Waals surface area contributed by atoms with Crippen molar-refractivity contribution in [2.75, 3.05) is 14.1 Å². The minimum atomic E-state index is -0.488. The Morgan fingerprint density at radius 1 is 1.24 bits per heavy atom. The van der Waals surface area contributed by atoms with E-state index in [1.165, 1.54) is 11.3 Å². The Labute approximate surface area is 148 Å². The van der Waals surface area contributed by atoms with Crippen molar-refractivity contribution < 1.29 is 9.59 Å². The van der Waals surface area contributed by atoms with E-state index >= 15 is 0 Å². The lowest BCUT2D eigenvalue weighted by atomic mass is 9.46. The van der Waals surface area contributed by atoms with Crippen molar-refractivity contribution in [2.45, 2.75) is 57.0 Å². The van der Waals surface area contributed by atoms with Crippen molar-refractivity contribution in [3.05, 3.63) is 12.7 Å². The Bertz CT molecular complexity index is 670. The van der Waals surface area contributed by atoms with Gasteiger partial charge in [-0.3, -0.25) is 9.59 Å². The smallest absolute Gasteiger partial charge is 0.244 e. The summed E-state index contributed by atoms with van der Waals surface area (Å²) in [7, 11) is 3.44. The van der Waals surface area contributed by atoms with Gasteiger partial charge in [0, 0.05) is 14.1 Å². The van der Waals surface area contributed by atoms with Gasteiger partial charge in [-0.15, -0.1) is 0 Å². The number of amides is 2. The van der Waals surface area contributed by atoms with Crippen molar-refractivity contribution in [1.29, 1.82) is 0 Å². The zero-order valence-corrected chi connectivity index (χ0v) is 15.2. The summed E-state index contributed by atoms with van der Waals surface area (Å²) < 4.78 is 2.00. The number of rotatable bonds is 4. The average Bonchev–Trinajstić information content (AvgIpc) is 3.08. The standard InChI is InChI=1S/C18H27N5O2/c1-12(15(24)22(2)3)21-16(25)17-5-13-4-14(6-17)8-18(7-13,9-17)23-11-19-10-20-23/h10-14H,4-9H2,1-3H3,(H,21,25)/t12-,13-,14+,17?,18?/m1/s1. The fourth-order valence-corrected chi connectivity index (χ4v) is 6.00. The maximum Gasteiger partial charge on any atom is 0.244 e. The molecule has 4 fully saturated rings. The largest absolute Gasteiger partial charge is 0.347 e. The molecule has 1 aromatic heterocycles. The molecular formula is C18H27N5O2. The second kappa shape index (κ2) is 5.54. The van der Waals surface area contributed by atoms with Crippen LogP contribution in [0.25, 0.3) is 0 Å². The van der Waals surface area contributed by atoms with Crippen LogP contribution < -0.4 is 5.32 Å². The van der Waals surface area contributed by atoms with Gasteiger partial charge in [-0.25, -0.2) is 9.67 Å². The molecule has 0 radical (unpaired) electrons. The van der Waals surface area contributed by atoms with Gasteiger partial charge in [-0.1, -0.05) is 0 Å². The Kier molecular flexibility index (Phi) is 3.67. The molecule has 4 aliphatic rings. The van der Waals surface area contributed by atoms with Gasteiger partial charge in [0.15, 0.2) is 0 Å². The Morgan fingerprint density at radius 3 is 2.48 bits per heavy atom. The number of likely N-dealkylation sites (N-methyl/N-ethyl adjacent to an activating group) is 1. The maximum atomic E-state index is 13.2. The first-order chi connectivity index (χ1) is 11.8. The molecule has 136 valence electrons. The van der Waals surface area contributed by atoms with Gasteiger partial charge in [0.1, 0.15) is 18.7 Å². The summed E-state index contributed by atoms with van der Waals surface area (Å²) in [5.41, 5.74) is -0.441. The van der Waals surface area contributed by atoms with Crippen LogP contribution in [-0.2, 0) is 15.1 Å². The number of hydrogen-bond acceptors (Lipinski definition) is 4. The van der Waals surface area contributed by atoms with Gasteiger partial charge in [-0.05, 0) is 57.3 Å². The molecule has 2 unspecified atom stereocenters. The number of hydrogen-bond donors (Lipinski definition) is 1. The molecule has 25 heavy (non-hydrogen) atoms. The Balaban J connectivity index is 1.59. The highest BCUT2D eigenvalue weighted by molar-refractivity contribution is 5.90. The summed E-state index contributed by atoms with van der Waals surface area (Å²) in [6.07, 6.45) is 9.48. The molecule has 5 rings (SSSR count). The number of carbonyl (C=O) groups excluding carboxylic acids is 2. The Hall–Kier alpha value is -1.92. The van der Waals surface area contributed by atoms with Crippen LogP contribution >= 0.6 is 0 Å². The van der Waals surface area contributed by atoms with E-state index < -0.39 is 6.04 Å². The van der Waals surface area contributed by atoms with Crippen LogP contribution in [-0.4, -0.2) is 51.6 Å². The molecule has 0 aromatic carbocycles. The first kappa shape index (κ1) is 16.5. The highest BCUT2D eigenvalue weighted by Crippen LogP contribution is 2.64. The molecule has 1 heterocycles. The average molecular weight is 345 g/mol. The van der Waals surface area contributed by atoms with Gasteiger partial charge >= 0.3 is 0 Å². The first-order valence-corrected chi connectivity index (χ1v) is 9.21. The van der Waals surface area contributed by atoms with Gasteiger partial charge in [0.05, 0.1) is 11.0 Å². The monoisotopic (exact) mass is 345 g/mol. The van der Waals surface area contributed by atoms with Crippen molar-refractivity contribution in [3.8, 4) is 0 Å². The van der Waals surface area contributed by atoms with Crippen LogP contribution in [0.4, 0.5) is 0 Å². The predicted octanol–water partition coefficient (Wildman–Crippen LogP) is 1.17. The molecule has 0 aliphatic heterocycles. The molecule has 1 aromatic rings. The summed E-state index contributed by atoms with van der Waals surface area (Å²) in [6.45, 7) is 1.77. The van der Waals surface area contributed by atoms with Gasteiger partial charge in [0.2, 0.25) is 11.8 Å². The molecule has 2 amide bonds. The topological polar surface area (TPSA) is 80.1 Å². The third-order valence-corrected chi connectivity index (χ3v) is 6.58. The van der Waals surface area contributed by atoms with Gasteiger partial charge < -0.3 is 10.2 Å². The van der Waals surface area contributed by atoms with Crippen LogP contribution in [0.3, 0.4) is 0 Å². The van der Waals surface area contributed by atoms with Gasteiger partial charge in [-0.2, -0.15) is 5.10 Å². The van der Waals surface area contributed by atoms with Crippen molar-refractivity contribution >= 4 is 11.8 Å². The number of carbonyl (C=O) groups is 2. The van der Waals surface area contributed by atoms with E-state index in [0.29, 0.717) is 11.8 Å². The summed E-state index contributed by atoms with van der Waals surface area (Å²) in [4.78, 5) is 31.0. The lowest BCUT2D eigenvalue weighted by Crippen LogP contribution is -2.62. The summed E-state index contributed by atoms with van der Waals surface area (Å²) in [6, 6.07) is -0.488. The zero-order chi connectivity index (χ0) is 17.8. The molecule has 5 atom stereocenters. The molecule has 7 heteroatoms. The quantitative estimate of drug-likeness (QED) is 0.888. The summed E-state index contributed by atoms with van der Waals surface area (Å²) >= 11 is 0. The molecule has 4 saturated carbocycles. The second-order valence-electron chi connectivity index (χ2n) is 8.73. The van der Waals surface area contributed by atoms with Crippen molar-refractivity contribution in [2.24, 2.45) is 17.3 Å². The van der Waals surface area contributed by atoms with E-state index in [0.717, 1.165) is 32.1 Å². The third-order valence-electron chi connectivity index (χ3n) is 6.58. The van der Waals surface area contributed by atoms with E-state index in [1.54, 1.807) is 33.7 Å². The zero-order valence-electron chi connectivity index (χ0n) is 15.2.